The van der Waals surface area contributed by atoms with Gasteiger partial charge in [0.25, 0.3) is 5.91 Å². The van der Waals surface area contributed by atoms with Gasteiger partial charge in [0.15, 0.2) is 0 Å². The lowest BCUT2D eigenvalue weighted by Gasteiger charge is -2.34. The van der Waals surface area contributed by atoms with Gasteiger partial charge in [-0.25, -0.2) is 9.97 Å². The number of carbonyl (C=O) groups is 1. The largest absolute Gasteiger partial charge is 0.394 e. The average molecular weight is 511 g/mol. The molecule has 3 fully saturated rings. The molecule has 37 heavy (non-hydrogen) atoms. The maximum Gasteiger partial charge on any atom is 0.260 e. The molecule has 2 saturated heterocycles. The summed E-state index contributed by atoms with van der Waals surface area (Å²) >= 11 is 0. The van der Waals surface area contributed by atoms with Crippen LogP contribution >= 0.6 is 0 Å². The normalized spacial score (nSPS) is 21.1. The second-order valence-electron chi connectivity index (χ2n) is 11.2. The van der Waals surface area contributed by atoms with Gasteiger partial charge < -0.3 is 35.4 Å². The summed E-state index contributed by atoms with van der Waals surface area (Å²) in [6, 6.07) is 9.12. The number of pyridine rings is 2. The van der Waals surface area contributed by atoms with E-state index >= 15 is 0 Å². The molecule has 1 spiro atoms. The van der Waals surface area contributed by atoms with Gasteiger partial charge in [-0.05, 0) is 69.2 Å². The van der Waals surface area contributed by atoms with E-state index in [2.05, 4.69) is 25.4 Å². The predicted octanol–water partition coefficient (Wildman–Crippen LogP) is 2.49. The lowest BCUT2D eigenvalue weighted by Crippen LogP contribution is -2.44. The molecule has 0 radical (unpaired) electrons. The molecule has 4 N–H and O–H groups in total. The van der Waals surface area contributed by atoms with Crippen molar-refractivity contribution in [2.24, 2.45) is 5.41 Å². The molecule has 3 aliphatic rings. The molecule has 0 bridgehead atoms. The summed E-state index contributed by atoms with van der Waals surface area (Å²) < 4.78 is 5.55. The van der Waals surface area contributed by atoms with Crippen LogP contribution in [0.1, 0.15) is 49.9 Å². The number of morpholine rings is 1. The minimum absolute atomic E-state index is 0.0390. The Bertz CT molecular complexity index is 1110. The third-order valence-electron chi connectivity index (χ3n) is 7.70. The predicted molar refractivity (Wildman–Crippen MR) is 143 cm³/mol. The number of amides is 1. The molecular formula is C27H38N6O4. The minimum Gasteiger partial charge on any atom is -0.394 e. The molecule has 2 aliphatic heterocycles. The number of aromatic nitrogens is 2. The zero-order valence-electron chi connectivity index (χ0n) is 21.7. The Labute approximate surface area is 218 Å². The molecular weight excluding hydrogens is 472 g/mol. The maximum absolute atomic E-state index is 13.5. The van der Waals surface area contributed by atoms with E-state index in [0.29, 0.717) is 48.1 Å². The van der Waals surface area contributed by atoms with Gasteiger partial charge in [-0.1, -0.05) is 6.07 Å². The van der Waals surface area contributed by atoms with Crippen LogP contribution in [0.2, 0.25) is 0 Å². The molecule has 1 atom stereocenters. The Morgan fingerprint density at radius 1 is 1.05 bits per heavy atom. The fourth-order valence-corrected chi connectivity index (χ4v) is 5.08. The Morgan fingerprint density at radius 3 is 2.54 bits per heavy atom. The molecule has 10 heteroatoms. The molecule has 1 aliphatic carbocycles. The van der Waals surface area contributed by atoms with Crippen LogP contribution in [0.5, 0.6) is 0 Å². The first-order valence-corrected chi connectivity index (χ1v) is 13.2. The van der Waals surface area contributed by atoms with Gasteiger partial charge in [-0.15, -0.1) is 0 Å². The van der Waals surface area contributed by atoms with E-state index in [4.69, 9.17) is 9.72 Å². The Kier molecular flexibility index (Phi) is 7.24. The summed E-state index contributed by atoms with van der Waals surface area (Å²) in [6.07, 6.45) is 4.60. The highest BCUT2D eigenvalue weighted by atomic mass is 16.5. The molecule has 0 unspecified atom stereocenters. The van der Waals surface area contributed by atoms with Crippen molar-refractivity contribution < 1.29 is 19.7 Å². The van der Waals surface area contributed by atoms with Gasteiger partial charge in [-0.3, -0.25) is 4.79 Å². The van der Waals surface area contributed by atoms with E-state index < -0.39 is 5.54 Å². The van der Waals surface area contributed by atoms with Crippen LogP contribution in [0.4, 0.5) is 23.3 Å². The van der Waals surface area contributed by atoms with Crippen molar-refractivity contribution in [3.63, 3.8) is 0 Å². The van der Waals surface area contributed by atoms with Crippen molar-refractivity contribution in [1.29, 1.82) is 0 Å². The number of nitrogens with zero attached hydrogens (tertiary/aromatic N) is 4. The van der Waals surface area contributed by atoms with Crippen LogP contribution in [0.3, 0.4) is 0 Å². The van der Waals surface area contributed by atoms with Crippen molar-refractivity contribution in [1.82, 2.24) is 9.97 Å². The van der Waals surface area contributed by atoms with E-state index in [1.807, 2.05) is 26.0 Å². The lowest BCUT2D eigenvalue weighted by atomic mass is 9.93. The topological polar surface area (TPSA) is 123 Å². The van der Waals surface area contributed by atoms with Crippen molar-refractivity contribution in [2.75, 3.05) is 66.4 Å². The number of carbonyl (C=O) groups excluding carboxylic acids is 1. The third-order valence-corrected chi connectivity index (χ3v) is 7.70. The number of ether oxygens (including phenoxy) is 1. The Balaban J connectivity index is 1.36. The second-order valence-corrected chi connectivity index (χ2v) is 11.2. The van der Waals surface area contributed by atoms with Gasteiger partial charge in [0, 0.05) is 26.2 Å². The number of aliphatic hydroxyl groups is 2. The third kappa shape index (κ3) is 5.97. The molecule has 200 valence electrons. The first kappa shape index (κ1) is 25.7. The first-order valence-electron chi connectivity index (χ1n) is 13.2. The van der Waals surface area contributed by atoms with Gasteiger partial charge in [0.05, 0.1) is 37.0 Å². The summed E-state index contributed by atoms with van der Waals surface area (Å²) in [5.41, 5.74) is 0.470. The zero-order valence-corrected chi connectivity index (χ0v) is 21.7. The smallest absolute Gasteiger partial charge is 0.260 e. The number of anilines is 4. The minimum atomic E-state index is -0.535. The highest BCUT2D eigenvalue weighted by Crippen LogP contribution is 2.54. The van der Waals surface area contributed by atoms with Crippen LogP contribution in [-0.4, -0.2) is 83.7 Å². The number of hydrogen-bond acceptors (Lipinski definition) is 9. The van der Waals surface area contributed by atoms with E-state index in [1.54, 1.807) is 18.2 Å². The first-order chi connectivity index (χ1) is 17.8. The molecule has 2 aromatic rings. The highest BCUT2D eigenvalue weighted by molar-refractivity contribution is 6.07. The van der Waals surface area contributed by atoms with E-state index in [9.17, 15) is 15.0 Å². The summed E-state index contributed by atoms with van der Waals surface area (Å²) in [6.45, 7) is 7.21. The monoisotopic (exact) mass is 510 g/mol. The van der Waals surface area contributed by atoms with Gasteiger partial charge in [0.2, 0.25) is 0 Å². The molecule has 2 aromatic heterocycles. The van der Waals surface area contributed by atoms with Crippen molar-refractivity contribution in [3.8, 4) is 0 Å². The van der Waals surface area contributed by atoms with Crippen molar-refractivity contribution in [3.05, 3.63) is 35.9 Å². The fourth-order valence-electron chi connectivity index (χ4n) is 5.08. The summed E-state index contributed by atoms with van der Waals surface area (Å²) in [7, 11) is 0. The van der Waals surface area contributed by atoms with Crippen LogP contribution in [0.15, 0.2) is 30.3 Å². The average Bonchev–Trinajstić information content (AvgIpc) is 3.67. The summed E-state index contributed by atoms with van der Waals surface area (Å²) in [4.78, 5) is 27.3. The molecule has 4 heterocycles. The molecule has 1 saturated carbocycles. The number of hydrogen-bond donors (Lipinski definition) is 4. The van der Waals surface area contributed by atoms with Gasteiger partial charge in [-0.2, -0.15) is 0 Å². The molecule has 10 nitrogen and oxygen atoms in total. The molecule has 5 rings (SSSR count). The van der Waals surface area contributed by atoms with Gasteiger partial charge in [0.1, 0.15) is 23.3 Å². The number of nitrogens with one attached hydrogen (secondary N) is 2. The van der Waals surface area contributed by atoms with Crippen LogP contribution in [0.25, 0.3) is 0 Å². The number of piperidine rings is 1. The lowest BCUT2D eigenvalue weighted by molar-refractivity contribution is 0.00337. The van der Waals surface area contributed by atoms with E-state index in [-0.39, 0.29) is 25.2 Å². The zero-order chi connectivity index (χ0) is 26.0. The van der Waals surface area contributed by atoms with E-state index in [0.717, 1.165) is 31.7 Å². The van der Waals surface area contributed by atoms with Crippen molar-refractivity contribution in [2.45, 2.75) is 51.2 Å². The fraction of sp³-hybridized carbons (Fsp3) is 0.593. The van der Waals surface area contributed by atoms with Crippen LogP contribution < -0.4 is 20.4 Å². The quantitative estimate of drug-likeness (QED) is 0.424. The van der Waals surface area contributed by atoms with E-state index in [1.165, 1.54) is 12.8 Å². The van der Waals surface area contributed by atoms with Crippen LogP contribution in [0, 0.1) is 5.41 Å². The Hall–Kier alpha value is -2.95. The second kappa shape index (κ2) is 10.4. The number of aliphatic hydroxyl groups excluding tert-OH is 2. The highest BCUT2D eigenvalue weighted by Gasteiger charge is 2.45. The standard InChI is InChI=1S/C27H38N6O4/c1-26(2,18-35)31-22-7-6-20(24(29-22)32-12-10-27(8-9-27)11-13-32)25(36)30-21-4-3-5-23(28-21)33-14-15-37-19(16-33)17-34/h3-7,19,34-35H,8-18H2,1-2H3,(H,29,31)(H,28,30,36)/t19-/m0/s1. The number of rotatable bonds is 8. The van der Waals surface area contributed by atoms with Gasteiger partial charge >= 0.3 is 0 Å². The summed E-state index contributed by atoms with van der Waals surface area (Å²) in [5, 5.41) is 25.4. The Morgan fingerprint density at radius 2 is 1.84 bits per heavy atom. The maximum atomic E-state index is 13.5. The molecule has 0 aromatic carbocycles. The summed E-state index contributed by atoms with van der Waals surface area (Å²) in [5.74, 6) is 2.21. The van der Waals surface area contributed by atoms with Crippen molar-refractivity contribution >= 4 is 29.2 Å². The SMILES string of the molecule is CC(C)(CO)Nc1ccc(C(=O)Nc2cccc(N3CCO[C@H](CO)C3)n2)c(N2CCC3(CC2)CC3)n1. The molecule has 1 amide bonds. The van der Waals surface area contributed by atoms with Crippen LogP contribution in [-0.2, 0) is 4.74 Å².